The zero-order valence-corrected chi connectivity index (χ0v) is 18.7. The van der Waals surface area contributed by atoms with Crippen molar-refractivity contribution in [2.24, 2.45) is 0 Å². The van der Waals surface area contributed by atoms with Crippen LogP contribution in [-0.2, 0) is 9.59 Å². The summed E-state index contributed by atoms with van der Waals surface area (Å²) in [6.45, 7) is 2.31. The fourth-order valence-corrected chi connectivity index (χ4v) is 4.01. The predicted octanol–water partition coefficient (Wildman–Crippen LogP) is 4.77. The summed E-state index contributed by atoms with van der Waals surface area (Å²) in [6.07, 6.45) is 3.13. The Hall–Kier alpha value is -3.84. The number of ether oxygens (including phenoxy) is 2. The molecule has 7 nitrogen and oxygen atoms in total. The van der Waals surface area contributed by atoms with Gasteiger partial charge in [-0.05, 0) is 55.0 Å². The van der Waals surface area contributed by atoms with E-state index < -0.39 is 17.7 Å². The fraction of sp³-hybridized carbons (Fsp3) is 0.160. The van der Waals surface area contributed by atoms with Crippen molar-refractivity contribution in [3.8, 4) is 11.5 Å². The number of carbonyl (C=O) groups excluding carboxylic acids is 2. The summed E-state index contributed by atoms with van der Waals surface area (Å²) in [5, 5.41) is 11.6. The molecule has 1 aromatic heterocycles. The van der Waals surface area contributed by atoms with Crippen LogP contribution in [0.15, 0.2) is 72.6 Å². The highest BCUT2D eigenvalue weighted by molar-refractivity contribution is 6.51. The largest absolute Gasteiger partial charge is 0.507 e. The van der Waals surface area contributed by atoms with E-state index in [4.69, 9.17) is 21.1 Å². The van der Waals surface area contributed by atoms with Gasteiger partial charge in [0.05, 0.1) is 30.4 Å². The molecule has 0 aliphatic carbocycles. The number of ketones is 1. The average Bonchev–Trinajstić information content (AvgIpc) is 3.10. The third-order valence-corrected chi connectivity index (χ3v) is 5.61. The summed E-state index contributed by atoms with van der Waals surface area (Å²) in [7, 11) is 1.45. The molecule has 1 N–H and O–H groups in total. The normalized spacial score (nSPS) is 17.3. The zero-order chi connectivity index (χ0) is 23.5. The van der Waals surface area contributed by atoms with E-state index in [1.165, 1.54) is 18.1 Å². The molecule has 4 rings (SSSR count). The molecule has 33 heavy (non-hydrogen) atoms. The maximum atomic E-state index is 13.2. The van der Waals surface area contributed by atoms with Crippen molar-refractivity contribution in [2.75, 3.05) is 18.6 Å². The van der Waals surface area contributed by atoms with E-state index in [0.717, 1.165) is 0 Å². The monoisotopic (exact) mass is 464 g/mol. The van der Waals surface area contributed by atoms with Gasteiger partial charge < -0.3 is 14.6 Å². The Balaban J connectivity index is 1.92. The van der Waals surface area contributed by atoms with Crippen LogP contribution in [0.2, 0.25) is 5.02 Å². The molecule has 0 bridgehead atoms. The first-order valence-electron chi connectivity index (χ1n) is 10.2. The molecule has 1 atom stereocenters. The van der Waals surface area contributed by atoms with Crippen molar-refractivity contribution in [1.29, 1.82) is 0 Å². The second kappa shape index (κ2) is 9.34. The minimum Gasteiger partial charge on any atom is -0.507 e. The van der Waals surface area contributed by atoms with E-state index in [9.17, 15) is 14.7 Å². The Morgan fingerprint density at radius 1 is 1.12 bits per heavy atom. The molecular weight excluding hydrogens is 444 g/mol. The lowest BCUT2D eigenvalue weighted by Crippen LogP contribution is -2.29. The molecule has 0 radical (unpaired) electrons. The van der Waals surface area contributed by atoms with E-state index in [1.54, 1.807) is 60.9 Å². The summed E-state index contributed by atoms with van der Waals surface area (Å²) in [5.41, 5.74) is 1.35. The predicted molar refractivity (Wildman–Crippen MR) is 125 cm³/mol. The first kappa shape index (κ1) is 22.4. The Kier molecular flexibility index (Phi) is 6.33. The molecular formula is C25H21ClN2O5. The number of rotatable bonds is 6. The molecule has 168 valence electrons. The lowest BCUT2D eigenvalue weighted by atomic mass is 9.95. The Morgan fingerprint density at radius 2 is 1.88 bits per heavy atom. The van der Waals surface area contributed by atoms with Crippen LogP contribution in [0.5, 0.6) is 11.5 Å². The Bertz CT molecular complexity index is 1240. The average molecular weight is 465 g/mol. The quantitative estimate of drug-likeness (QED) is 0.321. The molecule has 2 heterocycles. The second-order valence-corrected chi connectivity index (χ2v) is 7.64. The van der Waals surface area contributed by atoms with E-state index in [-0.39, 0.29) is 11.3 Å². The van der Waals surface area contributed by atoms with Crippen LogP contribution in [-0.4, -0.2) is 35.5 Å². The molecule has 1 aliphatic rings. The number of benzene rings is 2. The van der Waals surface area contributed by atoms with Crippen molar-refractivity contribution in [3.05, 3.63) is 88.7 Å². The number of nitrogens with zero attached hydrogens (tertiary/aromatic N) is 2. The first-order chi connectivity index (χ1) is 16.0. The maximum Gasteiger partial charge on any atom is 0.300 e. The summed E-state index contributed by atoms with van der Waals surface area (Å²) in [6, 6.07) is 14.1. The van der Waals surface area contributed by atoms with Gasteiger partial charge in [-0.25, -0.2) is 0 Å². The van der Waals surface area contributed by atoms with Crippen LogP contribution in [0.25, 0.3) is 5.76 Å². The van der Waals surface area contributed by atoms with Crippen LogP contribution in [0.4, 0.5) is 5.69 Å². The summed E-state index contributed by atoms with van der Waals surface area (Å²) >= 11 is 6.11. The minimum absolute atomic E-state index is 0.0441. The molecule has 1 amide bonds. The van der Waals surface area contributed by atoms with Crippen molar-refractivity contribution in [2.45, 2.75) is 13.0 Å². The number of hydrogen-bond donors (Lipinski definition) is 1. The van der Waals surface area contributed by atoms with Crippen LogP contribution in [0.3, 0.4) is 0 Å². The van der Waals surface area contributed by atoms with Gasteiger partial charge in [0.2, 0.25) is 0 Å². The lowest BCUT2D eigenvalue weighted by molar-refractivity contribution is -0.132. The summed E-state index contributed by atoms with van der Waals surface area (Å²) < 4.78 is 10.8. The van der Waals surface area contributed by atoms with Gasteiger partial charge in [0.15, 0.2) is 0 Å². The number of aromatic nitrogens is 1. The van der Waals surface area contributed by atoms with Crippen LogP contribution in [0.1, 0.15) is 24.1 Å². The number of hydrogen-bond acceptors (Lipinski definition) is 6. The molecule has 2 aromatic carbocycles. The number of aliphatic hydroxyl groups is 1. The van der Waals surface area contributed by atoms with Gasteiger partial charge in [-0.2, -0.15) is 0 Å². The van der Waals surface area contributed by atoms with Crippen LogP contribution in [0, 0.1) is 0 Å². The van der Waals surface area contributed by atoms with Crippen LogP contribution >= 0.6 is 11.6 Å². The van der Waals surface area contributed by atoms with E-state index in [1.807, 2.05) is 6.92 Å². The van der Waals surface area contributed by atoms with Gasteiger partial charge in [0.1, 0.15) is 17.3 Å². The smallest absolute Gasteiger partial charge is 0.300 e. The molecule has 1 saturated heterocycles. The molecule has 1 fully saturated rings. The number of amides is 1. The van der Waals surface area contributed by atoms with Crippen molar-refractivity contribution in [3.63, 3.8) is 0 Å². The topological polar surface area (TPSA) is 89.0 Å². The van der Waals surface area contributed by atoms with Gasteiger partial charge >= 0.3 is 0 Å². The van der Waals surface area contributed by atoms with Crippen molar-refractivity contribution in [1.82, 2.24) is 4.98 Å². The third-order valence-electron chi connectivity index (χ3n) is 5.30. The second-order valence-electron chi connectivity index (χ2n) is 7.23. The number of anilines is 1. The summed E-state index contributed by atoms with van der Waals surface area (Å²) in [5.74, 6) is -0.987. The van der Waals surface area contributed by atoms with Gasteiger partial charge in [0.25, 0.3) is 11.7 Å². The van der Waals surface area contributed by atoms with E-state index in [0.29, 0.717) is 39.9 Å². The van der Waals surface area contributed by atoms with Crippen molar-refractivity contribution >= 4 is 34.7 Å². The van der Waals surface area contributed by atoms with Gasteiger partial charge in [-0.15, -0.1) is 0 Å². The minimum atomic E-state index is -0.869. The highest BCUT2D eigenvalue weighted by Crippen LogP contribution is 2.43. The third kappa shape index (κ3) is 4.15. The SMILES string of the molecule is CCOc1cccc(N2C(=O)C(=O)/C(=C(/O)c3ccc(Cl)c(OC)c3)C2c2ccncc2)c1. The standard InChI is InChI=1S/C25H21ClN2O5/c1-3-33-18-6-4-5-17(14-18)28-22(15-9-11-27-12-10-15)21(24(30)25(28)31)23(29)16-7-8-19(26)20(13-16)32-2/h4-14,22,29H,3H2,1-2H3/b23-21+. The lowest BCUT2D eigenvalue weighted by Gasteiger charge is -2.25. The number of methoxy groups -OCH3 is 1. The molecule has 0 saturated carbocycles. The molecule has 0 spiro atoms. The molecule has 3 aromatic rings. The summed E-state index contributed by atoms with van der Waals surface area (Å²) in [4.78, 5) is 31.8. The number of Topliss-reactive ketones (excluding diaryl/α,β-unsaturated/α-hetero) is 1. The van der Waals surface area contributed by atoms with Gasteiger partial charge in [-0.1, -0.05) is 17.7 Å². The number of halogens is 1. The first-order valence-corrected chi connectivity index (χ1v) is 10.6. The molecule has 8 heteroatoms. The number of carbonyl (C=O) groups is 2. The van der Waals surface area contributed by atoms with Gasteiger partial charge in [0, 0.05) is 29.7 Å². The highest BCUT2D eigenvalue weighted by Gasteiger charge is 2.47. The Morgan fingerprint density at radius 3 is 2.58 bits per heavy atom. The number of pyridine rings is 1. The Labute approximate surface area is 195 Å². The van der Waals surface area contributed by atoms with E-state index in [2.05, 4.69) is 4.98 Å². The van der Waals surface area contributed by atoms with Crippen molar-refractivity contribution < 1.29 is 24.2 Å². The molecule has 1 aliphatic heterocycles. The van der Waals surface area contributed by atoms with Gasteiger partial charge in [-0.3, -0.25) is 19.5 Å². The van der Waals surface area contributed by atoms with E-state index >= 15 is 0 Å². The molecule has 1 unspecified atom stereocenters. The number of aliphatic hydroxyl groups excluding tert-OH is 1. The zero-order valence-electron chi connectivity index (χ0n) is 18.0. The fourth-order valence-electron chi connectivity index (χ4n) is 3.81. The highest BCUT2D eigenvalue weighted by atomic mass is 35.5. The van der Waals surface area contributed by atoms with Crippen LogP contribution < -0.4 is 14.4 Å². The maximum absolute atomic E-state index is 13.2.